The summed E-state index contributed by atoms with van der Waals surface area (Å²) in [4.78, 5) is 27.9. The van der Waals surface area contributed by atoms with Crippen molar-refractivity contribution in [1.82, 2.24) is 0 Å². The summed E-state index contributed by atoms with van der Waals surface area (Å²) in [5, 5.41) is 6.06. The Bertz CT molecular complexity index is 1190. The molecule has 234 valence electrons. The van der Waals surface area contributed by atoms with Gasteiger partial charge in [-0.3, -0.25) is 4.79 Å². The van der Waals surface area contributed by atoms with Crippen LogP contribution in [0.25, 0.3) is 0 Å². The molecule has 0 bridgehead atoms. The van der Waals surface area contributed by atoms with Gasteiger partial charge in [0.25, 0.3) is 0 Å². The van der Waals surface area contributed by atoms with Crippen molar-refractivity contribution in [2.45, 2.75) is 91.4 Å². The highest BCUT2D eigenvalue weighted by molar-refractivity contribution is 6.02. The third kappa shape index (κ3) is 9.18. The number of nitrogens with one attached hydrogen (secondary N) is 2. The fraction of sp³-hybridized carbons (Fsp3) is 0.576. The van der Waals surface area contributed by atoms with Gasteiger partial charge in [-0.15, -0.1) is 12.4 Å². The minimum atomic E-state index is -0.643. The van der Waals surface area contributed by atoms with Crippen LogP contribution < -0.4 is 25.0 Å². The lowest BCUT2D eigenvalue weighted by Gasteiger charge is -2.31. The van der Waals surface area contributed by atoms with E-state index in [0.29, 0.717) is 22.9 Å². The number of methoxy groups -OCH3 is 1. The molecule has 2 aromatic carbocycles. The fourth-order valence-corrected chi connectivity index (χ4v) is 5.10. The summed E-state index contributed by atoms with van der Waals surface area (Å²) < 4.78 is 17.8. The van der Waals surface area contributed by atoms with Gasteiger partial charge in [-0.1, -0.05) is 46.5 Å². The molecule has 0 spiro atoms. The van der Waals surface area contributed by atoms with Crippen molar-refractivity contribution in [3.05, 3.63) is 41.5 Å². The zero-order valence-electron chi connectivity index (χ0n) is 26.8. The molecular formula is C33H50ClN3O5. The van der Waals surface area contributed by atoms with Crippen LogP contribution in [0.1, 0.15) is 97.1 Å². The minimum Gasteiger partial charge on any atom is -0.495 e. The first-order valence-electron chi connectivity index (χ1n) is 14.6. The Labute approximate surface area is 258 Å². The molecule has 0 aromatic heterocycles. The predicted molar refractivity (Wildman–Crippen MR) is 174 cm³/mol. The number of nitrogens with zero attached hydrogens (tertiary/aromatic N) is 1. The summed E-state index contributed by atoms with van der Waals surface area (Å²) in [7, 11) is 5.57. The second-order valence-electron chi connectivity index (χ2n) is 13.1. The molecule has 0 heterocycles. The molecule has 0 unspecified atom stereocenters. The highest BCUT2D eigenvalue weighted by Crippen LogP contribution is 2.50. The first-order chi connectivity index (χ1) is 19.2. The van der Waals surface area contributed by atoms with Crippen molar-refractivity contribution in [1.29, 1.82) is 0 Å². The molecule has 2 aromatic rings. The van der Waals surface area contributed by atoms with Gasteiger partial charge in [-0.05, 0) is 75.3 Å². The average molecular weight is 604 g/mol. The number of benzene rings is 2. The highest BCUT2D eigenvalue weighted by atomic mass is 35.5. The van der Waals surface area contributed by atoms with Gasteiger partial charge in [-0.2, -0.15) is 0 Å². The number of amides is 2. The lowest BCUT2D eigenvalue weighted by Crippen LogP contribution is -2.26. The second-order valence-corrected chi connectivity index (χ2v) is 13.1. The standard InChI is InChI=1S/C33H49N3O5.ClH/c1-32(2,3)25-20-26(39-9)28(35-31(38)34-23-16-18-24(19-17-23)36(7)8)27(22-14-12-10-11-13-15-22)29(25)40-21-41-30(37)33(4,5)6;/h16-20,22H,10-15,21H2,1-9H3,(H2,34,35,38);1H. The van der Waals surface area contributed by atoms with Crippen LogP contribution in [0, 0.1) is 5.41 Å². The monoisotopic (exact) mass is 603 g/mol. The van der Waals surface area contributed by atoms with E-state index in [1.54, 1.807) is 7.11 Å². The number of hydrogen-bond acceptors (Lipinski definition) is 6. The van der Waals surface area contributed by atoms with Crippen molar-refractivity contribution in [2.75, 3.05) is 43.5 Å². The lowest BCUT2D eigenvalue weighted by molar-refractivity contribution is -0.159. The van der Waals surface area contributed by atoms with Crippen molar-refractivity contribution in [3.8, 4) is 11.5 Å². The Morgan fingerprint density at radius 1 is 0.929 bits per heavy atom. The van der Waals surface area contributed by atoms with E-state index in [0.717, 1.165) is 42.5 Å². The summed E-state index contributed by atoms with van der Waals surface area (Å²) in [6.45, 7) is 11.6. The highest BCUT2D eigenvalue weighted by Gasteiger charge is 2.32. The Balaban J connectivity index is 0.00000616. The second kappa shape index (κ2) is 14.9. The summed E-state index contributed by atoms with van der Waals surface area (Å²) in [5.41, 5.74) is 3.21. The summed E-state index contributed by atoms with van der Waals surface area (Å²) in [6.07, 6.45) is 6.48. The van der Waals surface area contributed by atoms with Crippen molar-refractivity contribution in [2.24, 2.45) is 5.41 Å². The molecule has 9 heteroatoms. The van der Waals surface area contributed by atoms with E-state index in [-0.39, 0.29) is 42.5 Å². The lowest BCUT2D eigenvalue weighted by atomic mass is 9.80. The molecule has 3 rings (SSSR count). The quantitative estimate of drug-likeness (QED) is 0.179. The fourth-order valence-electron chi connectivity index (χ4n) is 5.10. The van der Waals surface area contributed by atoms with Crippen LogP contribution in [0.5, 0.6) is 11.5 Å². The molecular weight excluding hydrogens is 554 g/mol. The van der Waals surface area contributed by atoms with Crippen LogP contribution in [0.4, 0.5) is 21.9 Å². The summed E-state index contributed by atoms with van der Waals surface area (Å²) in [6, 6.07) is 9.22. The van der Waals surface area contributed by atoms with Gasteiger partial charge >= 0.3 is 12.0 Å². The van der Waals surface area contributed by atoms with Gasteiger partial charge in [0, 0.05) is 36.6 Å². The average Bonchev–Trinajstić information content (AvgIpc) is 3.17. The molecule has 0 aliphatic heterocycles. The van der Waals surface area contributed by atoms with Crippen molar-refractivity contribution >= 4 is 41.5 Å². The molecule has 0 radical (unpaired) electrons. The van der Waals surface area contributed by atoms with E-state index in [9.17, 15) is 9.59 Å². The minimum absolute atomic E-state index is 0. The van der Waals surface area contributed by atoms with E-state index in [1.807, 2.05) is 70.1 Å². The topological polar surface area (TPSA) is 89.1 Å². The molecule has 0 atom stereocenters. The largest absolute Gasteiger partial charge is 0.495 e. The van der Waals surface area contributed by atoms with Gasteiger partial charge < -0.3 is 29.7 Å². The first-order valence-corrected chi connectivity index (χ1v) is 14.6. The third-order valence-electron chi connectivity index (χ3n) is 7.46. The number of urea groups is 1. The van der Waals surface area contributed by atoms with Crippen LogP contribution in [-0.2, 0) is 14.9 Å². The van der Waals surface area contributed by atoms with E-state index < -0.39 is 5.41 Å². The molecule has 42 heavy (non-hydrogen) atoms. The molecule has 1 saturated carbocycles. The number of halogens is 1. The maximum Gasteiger partial charge on any atom is 0.323 e. The van der Waals surface area contributed by atoms with Crippen LogP contribution in [0.15, 0.2) is 30.3 Å². The SMILES string of the molecule is COc1cc(C(C)(C)C)c(OCOC(=O)C(C)(C)C)c(C2CCCCCC2)c1NC(=O)Nc1ccc(N(C)C)cc1.Cl. The van der Waals surface area contributed by atoms with E-state index in [4.69, 9.17) is 14.2 Å². The van der Waals surface area contributed by atoms with Crippen LogP contribution in [0.3, 0.4) is 0 Å². The zero-order valence-corrected chi connectivity index (χ0v) is 27.6. The third-order valence-corrected chi connectivity index (χ3v) is 7.46. The molecule has 2 N–H and O–H groups in total. The Morgan fingerprint density at radius 3 is 2.02 bits per heavy atom. The zero-order chi connectivity index (χ0) is 30.4. The number of hydrogen-bond donors (Lipinski definition) is 2. The molecule has 1 aliphatic rings. The molecule has 1 fully saturated rings. The number of ether oxygens (including phenoxy) is 3. The van der Waals surface area contributed by atoms with E-state index in [1.165, 1.54) is 12.8 Å². The van der Waals surface area contributed by atoms with Gasteiger partial charge in [0.1, 0.15) is 11.5 Å². The van der Waals surface area contributed by atoms with Gasteiger partial charge in [0.2, 0.25) is 6.79 Å². The number of esters is 1. The Kier molecular flexibility index (Phi) is 12.4. The van der Waals surface area contributed by atoms with Crippen LogP contribution in [0.2, 0.25) is 0 Å². The van der Waals surface area contributed by atoms with Crippen LogP contribution >= 0.6 is 12.4 Å². The van der Waals surface area contributed by atoms with Gasteiger partial charge in [-0.25, -0.2) is 4.79 Å². The molecule has 0 saturated heterocycles. The summed E-state index contributed by atoms with van der Waals surface area (Å²) in [5.74, 6) is 1.04. The Hall–Kier alpha value is -3.13. The predicted octanol–water partition coefficient (Wildman–Crippen LogP) is 8.49. The molecule has 1 aliphatic carbocycles. The van der Waals surface area contributed by atoms with E-state index in [2.05, 4.69) is 31.4 Å². The Morgan fingerprint density at radius 2 is 1.52 bits per heavy atom. The maximum atomic E-state index is 13.4. The maximum absolute atomic E-state index is 13.4. The number of carbonyl (C=O) groups excluding carboxylic acids is 2. The van der Waals surface area contributed by atoms with Crippen molar-refractivity contribution in [3.63, 3.8) is 0 Å². The number of carbonyl (C=O) groups is 2. The van der Waals surface area contributed by atoms with Gasteiger partial charge in [0.15, 0.2) is 0 Å². The molecule has 2 amide bonds. The van der Waals surface area contributed by atoms with Gasteiger partial charge in [0.05, 0.1) is 18.2 Å². The van der Waals surface area contributed by atoms with Crippen molar-refractivity contribution < 1.29 is 23.8 Å². The smallest absolute Gasteiger partial charge is 0.323 e. The van der Waals surface area contributed by atoms with E-state index >= 15 is 0 Å². The number of rotatable bonds is 8. The first kappa shape index (κ1) is 35.1. The van der Waals surface area contributed by atoms with Crippen LogP contribution in [-0.4, -0.2) is 40.0 Å². The summed E-state index contributed by atoms with van der Waals surface area (Å²) >= 11 is 0. The number of anilines is 3. The normalized spacial score (nSPS) is 14.2. The molecule has 8 nitrogen and oxygen atoms in total.